The summed E-state index contributed by atoms with van der Waals surface area (Å²) in [4.78, 5) is 13.9. The van der Waals surface area contributed by atoms with Crippen LogP contribution in [0.25, 0.3) is 0 Å². The Kier molecular flexibility index (Phi) is 6.73. The van der Waals surface area contributed by atoms with Crippen LogP contribution < -0.4 is 9.62 Å². The van der Waals surface area contributed by atoms with Crippen molar-refractivity contribution in [3.63, 3.8) is 0 Å². The minimum Gasteiger partial charge on any atom is -0.375 e. The molecule has 0 aliphatic rings. The third-order valence-corrected chi connectivity index (χ3v) is 5.41. The topological polar surface area (TPSA) is 66.5 Å². The van der Waals surface area contributed by atoms with E-state index in [2.05, 4.69) is 9.62 Å². The van der Waals surface area contributed by atoms with E-state index in [-0.39, 0.29) is 10.7 Å². The molecule has 2 rings (SSSR count). The van der Waals surface area contributed by atoms with Crippen molar-refractivity contribution in [1.29, 1.82) is 0 Å². The lowest BCUT2D eigenvalue weighted by atomic mass is 10.1. The molecule has 0 saturated heterocycles. The zero-order valence-electron chi connectivity index (χ0n) is 14.6. The van der Waals surface area contributed by atoms with Gasteiger partial charge < -0.3 is 4.90 Å². The first-order chi connectivity index (χ1) is 11.9. The maximum absolute atomic E-state index is 12.4. The van der Waals surface area contributed by atoms with Gasteiger partial charge in [0.25, 0.3) is 0 Å². The number of carbonyl (C=O) groups is 1. The minimum absolute atomic E-state index is 0.0680. The number of rotatable bonds is 9. The predicted molar refractivity (Wildman–Crippen MR) is 101 cm³/mol. The Bertz CT molecular complexity index is 804. The smallest absolute Gasteiger partial charge is 0.240 e. The van der Waals surface area contributed by atoms with Crippen LogP contribution in [0.5, 0.6) is 0 Å². The molecule has 5 nitrogen and oxygen atoms in total. The second-order valence-corrected chi connectivity index (χ2v) is 7.58. The number of hydrogen-bond donors (Lipinski definition) is 1. The van der Waals surface area contributed by atoms with Crippen LogP contribution in [0.4, 0.5) is 5.69 Å². The fourth-order valence-corrected chi connectivity index (χ4v) is 3.58. The number of para-hydroxylation sites is 1. The summed E-state index contributed by atoms with van der Waals surface area (Å²) in [5, 5.41) is 0. The number of hydrogen-bond acceptors (Lipinski definition) is 4. The number of carbonyl (C=O) groups excluding carboxylic acids is 1. The number of nitrogens with one attached hydrogen (secondary N) is 1. The minimum atomic E-state index is -3.61. The second-order valence-electron chi connectivity index (χ2n) is 5.81. The van der Waals surface area contributed by atoms with Gasteiger partial charge in [0.1, 0.15) is 0 Å². The highest BCUT2D eigenvalue weighted by molar-refractivity contribution is 7.89. The van der Waals surface area contributed by atoms with Crippen LogP contribution in [-0.2, 0) is 10.0 Å². The van der Waals surface area contributed by atoms with Crippen LogP contribution in [0.1, 0.15) is 30.1 Å². The molecule has 0 aliphatic carbocycles. The highest BCUT2D eigenvalue weighted by Gasteiger charge is 2.15. The van der Waals surface area contributed by atoms with Gasteiger partial charge in [0, 0.05) is 37.8 Å². The van der Waals surface area contributed by atoms with E-state index >= 15 is 0 Å². The Hall–Kier alpha value is -2.18. The molecule has 0 radical (unpaired) electrons. The average Bonchev–Trinajstić information content (AvgIpc) is 2.65. The number of anilines is 1. The highest BCUT2D eigenvalue weighted by Crippen LogP contribution is 2.14. The van der Waals surface area contributed by atoms with Gasteiger partial charge in [0.15, 0.2) is 5.78 Å². The highest BCUT2D eigenvalue weighted by atomic mass is 32.2. The zero-order chi connectivity index (χ0) is 18.3. The van der Waals surface area contributed by atoms with E-state index < -0.39 is 10.0 Å². The van der Waals surface area contributed by atoms with Gasteiger partial charge in [0.2, 0.25) is 10.0 Å². The van der Waals surface area contributed by atoms with Crippen molar-refractivity contribution in [3.05, 3.63) is 60.2 Å². The molecule has 0 bridgehead atoms. The molecule has 0 aromatic heterocycles. The summed E-state index contributed by atoms with van der Waals surface area (Å²) in [5.74, 6) is -0.0680. The Morgan fingerprint density at radius 3 is 2.48 bits per heavy atom. The van der Waals surface area contributed by atoms with Crippen LogP contribution in [0.3, 0.4) is 0 Å². The lowest BCUT2D eigenvalue weighted by Gasteiger charge is -2.19. The second kappa shape index (κ2) is 8.78. The predicted octanol–water partition coefficient (Wildman–Crippen LogP) is 3.08. The monoisotopic (exact) mass is 360 g/mol. The van der Waals surface area contributed by atoms with Crippen molar-refractivity contribution >= 4 is 21.5 Å². The first kappa shape index (κ1) is 19.1. The molecule has 2 aromatic rings. The number of benzene rings is 2. The molecular formula is C19H24N2O3S. The van der Waals surface area contributed by atoms with Crippen LogP contribution >= 0.6 is 0 Å². The van der Waals surface area contributed by atoms with Gasteiger partial charge in [-0.2, -0.15) is 0 Å². The van der Waals surface area contributed by atoms with E-state index in [1.807, 2.05) is 37.4 Å². The van der Waals surface area contributed by atoms with E-state index in [4.69, 9.17) is 0 Å². The third kappa shape index (κ3) is 5.41. The largest absolute Gasteiger partial charge is 0.375 e. The number of sulfonamides is 1. The van der Waals surface area contributed by atoms with E-state index in [0.717, 1.165) is 12.2 Å². The Balaban J connectivity index is 1.90. The van der Waals surface area contributed by atoms with E-state index in [1.165, 1.54) is 12.1 Å². The summed E-state index contributed by atoms with van der Waals surface area (Å²) in [6.45, 7) is 2.83. The van der Waals surface area contributed by atoms with E-state index in [9.17, 15) is 13.2 Å². The van der Waals surface area contributed by atoms with Gasteiger partial charge in [0.05, 0.1) is 4.90 Å². The quantitative estimate of drug-likeness (QED) is 0.551. The van der Waals surface area contributed by atoms with Gasteiger partial charge in [-0.1, -0.05) is 37.3 Å². The normalized spacial score (nSPS) is 11.3. The molecule has 0 spiro atoms. The van der Waals surface area contributed by atoms with Gasteiger partial charge in [-0.3, -0.25) is 4.79 Å². The fraction of sp³-hybridized carbons (Fsp3) is 0.316. The Morgan fingerprint density at radius 1 is 1.08 bits per heavy atom. The van der Waals surface area contributed by atoms with Gasteiger partial charge in [-0.05, 0) is 30.7 Å². The zero-order valence-corrected chi connectivity index (χ0v) is 15.4. The lowest BCUT2D eigenvalue weighted by Crippen LogP contribution is -2.28. The van der Waals surface area contributed by atoms with Gasteiger partial charge in [-0.25, -0.2) is 13.1 Å². The van der Waals surface area contributed by atoms with Gasteiger partial charge >= 0.3 is 0 Å². The van der Waals surface area contributed by atoms with Crippen LogP contribution in [-0.4, -0.2) is 34.3 Å². The number of Topliss-reactive ketones (excluding diaryl/α,β-unsaturated/α-hetero) is 1. The molecule has 134 valence electrons. The van der Waals surface area contributed by atoms with Crippen molar-refractivity contribution in [2.45, 2.75) is 24.7 Å². The standard InChI is InChI=1S/C19H24N2O3S/c1-3-19(22)16-9-7-12-18(15-16)25(23,24)20-13-8-14-21(2)17-10-5-4-6-11-17/h4-7,9-12,15,20H,3,8,13-14H2,1-2H3. The lowest BCUT2D eigenvalue weighted by molar-refractivity contribution is 0.0988. The molecule has 25 heavy (non-hydrogen) atoms. The summed E-state index contributed by atoms with van der Waals surface area (Å²) in [7, 11) is -1.63. The molecule has 0 aliphatic heterocycles. The van der Waals surface area contributed by atoms with Crippen LogP contribution in [0.2, 0.25) is 0 Å². The van der Waals surface area contributed by atoms with Crippen LogP contribution in [0.15, 0.2) is 59.5 Å². The average molecular weight is 360 g/mol. The Labute approximate surface area is 149 Å². The summed E-state index contributed by atoms with van der Waals surface area (Å²) in [6.07, 6.45) is 1.03. The van der Waals surface area contributed by atoms with E-state index in [1.54, 1.807) is 19.1 Å². The fourth-order valence-electron chi connectivity index (χ4n) is 2.46. The molecule has 0 saturated carbocycles. The molecule has 2 aromatic carbocycles. The van der Waals surface area contributed by atoms with Crippen molar-refractivity contribution in [2.24, 2.45) is 0 Å². The molecule has 0 atom stereocenters. The molecular weight excluding hydrogens is 336 g/mol. The van der Waals surface area contributed by atoms with Crippen molar-refractivity contribution < 1.29 is 13.2 Å². The Morgan fingerprint density at radius 2 is 1.80 bits per heavy atom. The van der Waals surface area contributed by atoms with Gasteiger partial charge in [-0.15, -0.1) is 0 Å². The summed E-state index contributed by atoms with van der Waals surface area (Å²) in [5.41, 5.74) is 1.52. The number of nitrogens with zero attached hydrogens (tertiary/aromatic N) is 1. The van der Waals surface area contributed by atoms with Crippen molar-refractivity contribution in [1.82, 2.24) is 4.72 Å². The first-order valence-corrected chi connectivity index (χ1v) is 9.81. The van der Waals surface area contributed by atoms with E-state index in [0.29, 0.717) is 24.9 Å². The first-order valence-electron chi connectivity index (χ1n) is 8.33. The molecule has 0 amide bonds. The maximum atomic E-state index is 12.4. The molecule has 0 unspecified atom stereocenters. The van der Waals surface area contributed by atoms with Crippen molar-refractivity contribution in [3.8, 4) is 0 Å². The number of ketones is 1. The summed E-state index contributed by atoms with van der Waals surface area (Å²) in [6, 6.07) is 16.1. The van der Waals surface area contributed by atoms with Crippen molar-refractivity contribution in [2.75, 3.05) is 25.0 Å². The molecule has 0 heterocycles. The third-order valence-electron chi connectivity index (χ3n) is 3.95. The summed E-state index contributed by atoms with van der Waals surface area (Å²) >= 11 is 0. The van der Waals surface area contributed by atoms with Crippen LogP contribution in [0, 0.1) is 0 Å². The molecule has 6 heteroatoms. The molecule has 1 N–H and O–H groups in total. The maximum Gasteiger partial charge on any atom is 0.240 e. The molecule has 0 fully saturated rings. The SMILES string of the molecule is CCC(=O)c1cccc(S(=O)(=O)NCCCN(C)c2ccccc2)c1. The summed E-state index contributed by atoms with van der Waals surface area (Å²) < 4.78 is 27.3.